The highest BCUT2D eigenvalue weighted by Crippen LogP contribution is 2.25. The number of benzene rings is 3. The molecule has 0 fully saturated rings. The fourth-order valence-corrected chi connectivity index (χ4v) is 2.96. The third kappa shape index (κ3) is 7.50. The molecule has 0 unspecified atom stereocenters. The quantitative estimate of drug-likeness (QED) is 0.451. The molecule has 170 valence electrons. The van der Waals surface area contributed by atoms with Crippen LogP contribution in [0.3, 0.4) is 0 Å². The number of anilines is 2. The Labute approximate surface area is 192 Å². The van der Waals surface area contributed by atoms with Crippen molar-refractivity contribution in [2.45, 2.75) is 26.7 Å². The van der Waals surface area contributed by atoms with E-state index in [1.807, 2.05) is 50.2 Å². The molecule has 0 aliphatic heterocycles. The summed E-state index contributed by atoms with van der Waals surface area (Å²) in [7, 11) is 0. The first kappa shape index (κ1) is 23.5. The van der Waals surface area contributed by atoms with Crippen molar-refractivity contribution in [1.29, 1.82) is 0 Å². The average molecular weight is 447 g/mol. The Morgan fingerprint density at radius 3 is 2.09 bits per heavy atom. The van der Waals surface area contributed by atoms with E-state index in [-0.39, 0.29) is 18.7 Å². The van der Waals surface area contributed by atoms with Crippen molar-refractivity contribution in [3.8, 4) is 11.5 Å². The summed E-state index contributed by atoms with van der Waals surface area (Å²) < 4.78 is 10.8. The Balaban J connectivity index is 1.38. The Kier molecular flexibility index (Phi) is 8.18. The van der Waals surface area contributed by atoms with Crippen LogP contribution in [0.15, 0.2) is 72.8 Å². The van der Waals surface area contributed by atoms with Gasteiger partial charge in [0.05, 0.1) is 6.42 Å². The van der Waals surface area contributed by atoms with Crippen LogP contribution in [0.25, 0.3) is 0 Å². The van der Waals surface area contributed by atoms with Crippen LogP contribution >= 0.6 is 0 Å². The van der Waals surface area contributed by atoms with E-state index in [1.165, 1.54) is 0 Å². The number of para-hydroxylation sites is 2. The average Bonchev–Trinajstić information content (AvgIpc) is 2.80. The van der Waals surface area contributed by atoms with Gasteiger partial charge in [-0.25, -0.2) is 0 Å². The number of hydrogen-bond acceptors (Lipinski definition) is 5. The Morgan fingerprint density at radius 2 is 1.39 bits per heavy atom. The summed E-state index contributed by atoms with van der Waals surface area (Å²) in [4.78, 5) is 35.9. The van der Waals surface area contributed by atoms with Gasteiger partial charge in [-0.1, -0.05) is 36.4 Å². The maximum absolute atomic E-state index is 12.1. The van der Waals surface area contributed by atoms with Gasteiger partial charge in [0.2, 0.25) is 5.91 Å². The molecule has 0 heterocycles. The van der Waals surface area contributed by atoms with E-state index in [0.29, 0.717) is 17.1 Å². The van der Waals surface area contributed by atoms with Gasteiger partial charge in [0, 0.05) is 17.8 Å². The second-order valence-electron chi connectivity index (χ2n) is 7.46. The van der Waals surface area contributed by atoms with Crippen LogP contribution in [0.2, 0.25) is 0 Å². The molecule has 3 aromatic carbocycles. The Bertz CT molecular complexity index is 1130. The summed E-state index contributed by atoms with van der Waals surface area (Å²) in [6.07, 6.45) is -0.183. The minimum Gasteiger partial charge on any atom is -0.457 e. The molecular weight excluding hydrogens is 420 g/mol. The van der Waals surface area contributed by atoms with Crippen molar-refractivity contribution >= 4 is 29.2 Å². The van der Waals surface area contributed by atoms with E-state index < -0.39 is 18.5 Å². The monoisotopic (exact) mass is 446 g/mol. The van der Waals surface area contributed by atoms with Crippen molar-refractivity contribution in [2.24, 2.45) is 0 Å². The molecule has 3 aromatic rings. The predicted octanol–water partition coefficient (Wildman–Crippen LogP) is 5.00. The Hall–Kier alpha value is -4.13. The van der Waals surface area contributed by atoms with Crippen molar-refractivity contribution < 1.29 is 23.9 Å². The number of esters is 1. The van der Waals surface area contributed by atoms with Crippen LogP contribution in [0.5, 0.6) is 11.5 Å². The summed E-state index contributed by atoms with van der Waals surface area (Å²) in [6, 6.07) is 21.9. The molecule has 0 atom stereocenters. The number of hydrogen-bond donors (Lipinski definition) is 2. The van der Waals surface area contributed by atoms with Crippen LogP contribution < -0.4 is 15.4 Å². The van der Waals surface area contributed by atoms with Gasteiger partial charge < -0.3 is 20.1 Å². The van der Waals surface area contributed by atoms with Gasteiger partial charge in [0.1, 0.15) is 11.5 Å². The molecule has 0 bridgehead atoms. The molecule has 0 radical (unpaired) electrons. The molecule has 0 saturated carbocycles. The number of carbonyl (C=O) groups is 3. The third-order valence-electron chi connectivity index (χ3n) is 4.80. The largest absolute Gasteiger partial charge is 0.457 e. The second-order valence-corrected chi connectivity index (χ2v) is 7.46. The molecule has 3 rings (SSSR count). The number of amides is 2. The number of nitrogens with one attached hydrogen (secondary N) is 2. The number of aryl methyl sites for hydroxylation is 2. The minimum atomic E-state index is -0.618. The van der Waals surface area contributed by atoms with Crippen LogP contribution in [0.1, 0.15) is 24.0 Å². The highest BCUT2D eigenvalue weighted by atomic mass is 16.5. The summed E-state index contributed by atoms with van der Waals surface area (Å²) >= 11 is 0. The van der Waals surface area contributed by atoms with E-state index >= 15 is 0 Å². The summed E-state index contributed by atoms with van der Waals surface area (Å²) in [6.45, 7) is 3.42. The fraction of sp³-hybridized carbons (Fsp3) is 0.192. The summed E-state index contributed by atoms with van der Waals surface area (Å²) in [5.41, 5.74) is 3.18. The molecule has 2 amide bonds. The van der Waals surface area contributed by atoms with Gasteiger partial charge in [0.25, 0.3) is 5.91 Å². The molecule has 33 heavy (non-hydrogen) atoms. The highest BCUT2D eigenvalue weighted by molar-refractivity contribution is 5.94. The van der Waals surface area contributed by atoms with Crippen molar-refractivity contribution in [3.63, 3.8) is 0 Å². The normalized spacial score (nSPS) is 10.2. The second kappa shape index (κ2) is 11.5. The van der Waals surface area contributed by atoms with Crippen molar-refractivity contribution in [1.82, 2.24) is 0 Å². The van der Waals surface area contributed by atoms with Crippen molar-refractivity contribution in [2.75, 3.05) is 17.2 Å². The van der Waals surface area contributed by atoms with E-state index in [2.05, 4.69) is 10.6 Å². The summed E-state index contributed by atoms with van der Waals surface area (Å²) in [5.74, 6) is 0.0290. The zero-order valence-electron chi connectivity index (χ0n) is 18.6. The highest BCUT2D eigenvalue weighted by Gasteiger charge is 2.12. The lowest BCUT2D eigenvalue weighted by molar-refractivity contribution is -0.147. The van der Waals surface area contributed by atoms with Gasteiger partial charge in [0.15, 0.2) is 6.61 Å². The molecule has 0 saturated heterocycles. The molecule has 0 aliphatic carbocycles. The molecule has 7 heteroatoms. The maximum atomic E-state index is 12.1. The van der Waals surface area contributed by atoms with Crippen LogP contribution in [-0.2, 0) is 19.1 Å². The lowest BCUT2D eigenvalue weighted by atomic mass is 10.2. The first-order valence-electron chi connectivity index (χ1n) is 10.6. The number of rotatable bonds is 9. The van der Waals surface area contributed by atoms with E-state index in [0.717, 1.165) is 16.9 Å². The fourth-order valence-electron chi connectivity index (χ4n) is 2.96. The molecular formula is C26H26N2O5. The number of carbonyl (C=O) groups excluding carboxylic acids is 3. The predicted molar refractivity (Wildman–Crippen MR) is 126 cm³/mol. The Morgan fingerprint density at radius 1 is 0.727 bits per heavy atom. The minimum absolute atomic E-state index is 0.0558. The van der Waals surface area contributed by atoms with Crippen LogP contribution in [0, 0.1) is 13.8 Å². The molecule has 0 aliphatic rings. The SMILES string of the molecule is Cc1ccccc1NC(=O)COC(=O)CCC(=O)Nc1ccc(Oc2ccccc2C)cc1. The standard InChI is InChI=1S/C26H26N2O5/c1-18-7-3-5-9-22(18)28-25(30)17-32-26(31)16-15-24(29)27-20-11-13-21(14-12-20)33-23-10-6-4-8-19(23)2/h3-14H,15-17H2,1-2H3,(H,27,29)(H,28,30). The van der Waals surface area contributed by atoms with Gasteiger partial charge in [-0.2, -0.15) is 0 Å². The van der Waals surface area contributed by atoms with Crippen molar-refractivity contribution in [3.05, 3.63) is 83.9 Å². The maximum Gasteiger partial charge on any atom is 0.306 e. The van der Waals surface area contributed by atoms with Crippen LogP contribution in [-0.4, -0.2) is 24.4 Å². The molecule has 7 nitrogen and oxygen atoms in total. The van der Waals surface area contributed by atoms with Gasteiger partial charge in [-0.3, -0.25) is 14.4 Å². The topological polar surface area (TPSA) is 93.7 Å². The first-order valence-corrected chi connectivity index (χ1v) is 10.6. The lowest BCUT2D eigenvalue weighted by Crippen LogP contribution is -2.22. The lowest BCUT2D eigenvalue weighted by Gasteiger charge is -2.10. The van der Waals surface area contributed by atoms with E-state index in [1.54, 1.807) is 36.4 Å². The zero-order chi connectivity index (χ0) is 23.6. The summed E-state index contributed by atoms with van der Waals surface area (Å²) in [5, 5.41) is 5.40. The van der Waals surface area contributed by atoms with E-state index in [9.17, 15) is 14.4 Å². The first-order chi connectivity index (χ1) is 15.9. The van der Waals surface area contributed by atoms with Gasteiger partial charge in [-0.05, 0) is 61.4 Å². The zero-order valence-corrected chi connectivity index (χ0v) is 18.6. The number of ether oxygens (including phenoxy) is 2. The third-order valence-corrected chi connectivity index (χ3v) is 4.80. The van der Waals surface area contributed by atoms with Gasteiger partial charge in [-0.15, -0.1) is 0 Å². The molecule has 0 aromatic heterocycles. The molecule has 2 N–H and O–H groups in total. The smallest absolute Gasteiger partial charge is 0.306 e. The molecule has 0 spiro atoms. The van der Waals surface area contributed by atoms with Gasteiger partial charge >= 0.3 is 5.97 Å². The van der Waals surface area contributed by atoms with E-state index in [4.69, 9.17) is 9.47 Å². The van der Waals surface area contributed by atoms with Crippen LogP contribution in [0.4, 0.5) is 11.4 Å².